The van der Waals surface area contributed by atoms with Gasteiger partial charge in [0.1, 0.15) is 6.10 Å². The number of rotatable bonds is 9. The Morgan fingerprint density at radius 3 is 2.33 bits per heavy atom. The van der Waals surface area contributed by atoms with Crippen molar-refractivity contribution in [3.05, 3.63) is 0 Å². The average molecular weight is 300 g/mol. The minimum atomic E-state index is -0.253. The molecule has 1 saturated heterocycles. The van der Waals surface area contributed by atoms with Crippen LogP contribution in [0.25, 0.3) is 0 Å². The second-order valence-electron chi connectivity index (χ2n) is 6.20. The molecule has 124 valence electrons. The molecule has 0 aliphatic carbocycles. The molecule has 1 fully saturated rings. The van der Waals surface area contributed by atoms with E-state index >= 15 is 0 Å². The molecule has 21 heavy (non-hydrogen) atoms. The molecule has 0 saturated carbocycles. The van der Waals surface area contributed by atoms with Gasteiger partial charge in [0.2, 0.25) is 0 Å². The maximum Gasteiger partial charge on any atom is 0.306 e. The van der Waals surface area contributed by atoms with Gasteiger partial charge in [-0.15, -0.1) is 0 Å². The summed E-state index contributed by atoms with van der Waals surface area (Å²) in [4.78, 5) is 11.7. The standard InChI is InChI=1S/C17H32O4/c1-5-7-9-15-11-19-17(20-12-15)13(3)14(4)21-16(18)10-8-6-2/h13-15,17H,5-12H2,1-4H3. The third kappa shape index (κ3) is 6.79. The first-order chi connectivity index (χ1) is 10.1. The Morgan fingerprint density at radius 1 is 1.14 bits per heavy atom. The van der Waals surface area contributed by atoms with E-state index in [9.17, 15) is 4.79 Å². The molecule has 0 aromatic rings. The van der Waals surface area contributed by atoms with Crippen LogP contribution in [0.4, 0.5) is 0 Å². The average Bonchev–Trinajstić information content (AvgIpc) is 2.50. The van der Waals surface area contributed by atoms with Crippen LogP contribution in [0.15, 0.2) is 0 Å². The monoisotopic (exact) mass is 300 g/mol. The van der Waals surface area contributed by atoms with Crippen molar-refractivity contribution in [3.8, 4) is 0 Å². The lowest BCUT2D eigenvalue weighted by Gasteiger charge is -2.34. The molecule has 1 aliphatic heterocycles. The molecule has 0 bridgehead atoms. The van der Waals surface area contributed by atoms with Gasteiger partial charge in [0.05, 0.1) is 13.2 Å². The summed E-state index contributed by atoms with van der Waals surface area (Å²) in [5.41, 5.74) is 0. The number of carbonyl (C=O) groups is 1. The number of hydrogen-bond acceptors (Lipinski definition) is 4. The summed E-state index contributed by atoms with van der Waals surface area (Å²) in [6.45, 7) is 9.72. The van der Waals surface area contributed by atoms with Crippen LogP contribution in [0.3, 0.4) is 0 Å². The van der Waals surface area contributed by atoms with Crippen LogP contribution in [-0.2, 0) is 19.0 Å². The molecule has 1 heterocycles. The first-order valence-electron chi connectivity index (χ1n) is 8.51. The second kappa shape index (κ2) is 10.2. The van der Waals surface area contributed by atoms with Crippen LogP contribution in [0.5, 0.6) is 0 Å². The third-order valence-electron chi connectivity index (χ3n) is 4.18. The molecule has 0 spiro atoms. The first-order valence-corrected chi connectivity index (χ1v) is 8.51. The number of unbranched alkanes of at least 4 members (excludes halogenated alkanes) is 2. The van der Waals surface area contributed by atoms with Crippen LogP contribution < -0.4 is 0 Å². The van der Waals surface area contributed by atoms with Crippen molar-refractivity contribution in [2.75, 3.05) is 13.2 Å². The maximum atomic E-state index is 11.7. The number of ether oxygens (including phenoxy) is 3. The highest BCUT2D eigenvalue weighted by Gasteiger charge is 2.31. The predicted molar refractivity (Wildman–Crippen MR) is 83.0 cm³/mol. The van der Waals surface area contributed by atoms with E-state index in [2.05, 4.69) is 13.8 Å². The third-order valence-corrected chi connectivity index (χ3v) is 4.18. The smallest absolute Gasteiger partial charge is 0.306 e. The molecule has 1 aliphatic rings. The van der Waals surface area contributed by atoms with E-state index in [4.69, 9.17) is 14.2 Å². The van der Waals surface area contributed by atoms with E-state index in [-0.39, 0.29) is 24.3 Å². The van der Waals surface area contributed by atoms with Crippen LogP contribution in [0.1, 0.15) is 66.2 Å². The molecular formula is C17H32O4. The largest absolute Gasteiger partial charge is 0.462 e. The van der Waals surface area contributed by atoms with E-state index in [1.54, 1.807) is 0 Å². The lowest BCUT2D eigenvalue weighted by atomic mass is 10.0. The van der Waals surface area contributed by atoms with Gasteiger partial charge in [-0.05, 0) is 19.8 Å². The Kier molecular flexibility index (Phi) is 8.93. The van der Waals surface area contributed by atoms with Crippen molar-refractivity contribution >= 4 is 5.97 Å². The highest BCUT2D eigenvalue weighted by atomic mass is 16.7. The normalized spacial score (nSPS) is 25.3. The Hall–Kier alpha value is -0.610. The van der Waals surface area contributed by atoms with Gasteiger partial charge in [-0.3, -0.25) is 4.79 Å². The van der Waals surface area contributed by atoms with Gasteiger partial charge in [-0.2, -0.15) is 0 Å². The first kappa shape index (κ1) is 18.4. The zero-order valence-electron chi connectivity index (χ0n) is 14.1. The van der Waals surface area contributed by atoms with Crippen molar-refractivity contribution in [2.24, 2.45) is 11.8 Å². The van der Waals surface area contributed by atoms with E-state index in [0.29, 0.717) is 12.3 Å². The van der Waals surface area contributed by atoms with Crippen molar-refractivity contribution in [3.63, 3.8) is 0 Å². The van der Waals surface area contributed by atoms with Gasteiger partial charge < -0.3 is 14.2 Å². The number of esters is 1. The SMILES string of the molecule is CCCCC(=O)OC(C)C(C)C1OCC(CCCC)CO1. The molecule has 2 unspecified atom stereocenters. The Bertz CT molecular complexity index is 285. The summed E-state index contributed by atoms with van der Waals surface area (Å²) in [7, 11) is 0. The van der Waals surface area contributed by atoms with Gasteiger partial charge in [0, 0.05) is 18.3 Å². The van der Waals surface area contributed by atoms with Crippen LogP contribution in [0, 0.1) is 11.8 Å². The predicted octanol–water partition coefficient (Wildman–Crippen LogP) is 3.92. The minimum Gasteiger partial charge on any atom is -0.462 e. The van der Waals surface area contributed by atoms with Crippen LogP contribution in [0.2, 0.25) is 0 Å². The molecule has 0 radical (unpaired) electrons. The minimum absolute atomic E-state index is 0.0581. The Labute approximate surface area is 129 Å². The van der Waals surface area contributed by atoms with E-state index in [0.717, 1.165) is 26.1 Å². The lowest BCUT2D eigenvalue weighted by Crippen LogP contribution is -2.40. The number of carbonyl (C=O) groups excluding carboxylic acids is 1. The van der Waals surface area contributed by atoms with Crippen LogP contribution >= 0.6 is 0 Å². The van der Waals surface area contributed by atoms with Gasteiger partial charge in [0.25, 0.3) is 0 Å². The highest BCUT2D eigenvalue weighted by molar-refractivity contribution is 5.69. The Morgan fingerprint density at radius 2 is 1.76 bits per heavy atom. The molecule has 0 aromatic carbocycles. The van der Waals surface area contributed by atoms with Crippen molar-refractivity contribution in [1.82, 2.24) is 0 Å². The molecule has 2 atom stereocenters. The molecule has 4 nitrogen and oxygen atoms in total. The molecule has 0 N–H and O–H groups in total. The zero-order valence-corrected chi connectivity index (χ0v) is 14.1. The van der Waals surface area contributed by atoms with Gasteiger partial charge in [-0.1, -0.05) is 40.0 Å². The number of hydrogen-bond donors (Lipinski definition) is 0. The summed E-state index contributed by atoms with van der Waals surface area (Å²) in [6.07, 6.45) is 5.56. The second-order valence-corrected chi connectivity index (χ2v) is 6.20. The lowest BCUT2D eigenvalue weighted by molar-refractivity contribution is -0.236. The summed E-state index contributed by atoms with van der Waals surface area (Å²) >= 11 is 0. The fraction of sp³-hybridized carbons (Fsp3) is 0.941. The van der Waals surface area contributed by atoms with E-state index in [1.807, 2.05) is 13.8 Å². The van der Waals surface area contributed by atoms with Crippen molar-refractivity contribution in [2.45, 2.75) is 78.6 Å². The molecule has 0 amide bonds. The quantitative estimate of drug-likeness (QED) is 0.605. The fourth-order valence-electron chi connectivity index (χ4n) is 2.44. The van der Waals surface area contributed by atoms with Gasteiger partial charge in [-0.25, -0.2) is 0 Å². The van der Waals surface area contributed by atoms with Crippen molar-refractivity contribution in [1.29, 1.82) is 0 Å². The van der Waals surface area contributed by atoms with E-state index < -0.39 is 0 Å². The fourth-order valence-corrected chi connectivity index (χ4v) is 2.44. The molecular weight excluding hydrogens is 268 g/mol. The van der Waals surface area contributed by atoms with Gasteiger partial charge >= 0.3 is 5.97 Å². The van der Waals surface area contributed by atoms with Gasteiger partial charge in [0.15, 0.2) is 6.29 Å². The maximum absolute atomic E-state index is 11.7. The summed E-state index contributed by atoms with van der Waals surface area (Å²) in [6, 6.07) is 0. The molecule has 1 rings (SSSR count). The topological polar surface area (TPSA) is 44.8 Å². The highest BCUT2D eigenvalue weighted by Crippen LogP contribution is 2.24. The summed E-state index contributed by atoms with van der Waals surface area (Å²) < 4.78 is 17.1. The molecule has 4 heteroatoms. The van der Waals surface area contributed by atoms with Crippen molar-refractivity contribution < 1.29 is 19.0 Å². The summed E-state index contributed by atoms with van der Waals surface area (Å²) in [5, 5.41) is 0. The van der Waals surface area contributed by atoms with E-state index in [1.165, 1.54) is 19.3 Å². The Balaban J connectivity index is 2.28. The molecule has 0 aromatic heterocycles. The zero-order chi connectivity index (χ0) is 15.7. The van der Waals surface area contributed by atoms with Crippen LogP contribution in [-0.4, -0.2) is 31.6 Å². The summed E-state index contributed by atoms with van der Waals surface area (Å²) in [5.74, 6) is 0.450.